The molecule has 125 valence electrons. The van der Waals surface area contributed by atoms with Crippen LogP contribution >= 0.6 is 0 Å². The molecule has 6 heteroatoms. The molecule has 2 unspecified atom stereocenters. The molecule has 2 atom stereocenters. The van der Waals surface area contributed by atoms with Crippen molar-refractivity contribution in [2.45, 2.75) is 31.7 Å². The monoisotopic (exact) mass is 320 g/mol. The number of carbonyl (C=O) groups is 2. The van der Waals surface area contributed by atoms with Gasteiger partial charge in [0.2, 0.25) is 11.8 Å². The lowest BCUT2D eigenvalue weighted by molar-refractivity contribution is -0.139. The van der Waals surface area contributed by atoms with Crippen LogP contribution in [0, 0.1) is 12.3 Å². The highest BCUT2D eigenvalue weighted by Crippen LogP contribution is 2.26. The summed E-state index contributed by atoms with van der Waals surface area (Å²) in [5.41, 5.74) is 12.7. The number of rotatable bonds is 6. The maximum Gasteiger partial charge on any atom is 0.240 e. The molecule has 0 spiro atoms. The topological polar surface area (TPSA) is 89.4 Å². The Bertz CT molecular complexity index is 547. The van der Waals surface area contributed by atoms with Gasteiger partial charge in [-0.15, -0.1) is 0 Å². The van der Waals surface area contributed by atoms with Crippen molar-refractivity contribution in [3.63, 3.8) is 0 Å². The van der Waals surface area contributed by atoms with Crippen molar-refractivity contribution in [2.24, 2.45) is 11.7 Å². The second-order valence-corrected chi connectivity index (χ2v) is 5.97. The molecule has 2 rings (SSSR count). The van der Waals surface area contributed by atoms with E-state index >= 15 is 0 Å². The number of likely N-dealkylation sites (tertiary alicyclic amines) is 1. The Morgan fingerprint density at radius 3 is 2.61 bits per heavy atom. The summed E-state index contributed by atoms with van der Waals surface area (Å²) in [6.07, 6.45) is 3.59. The van der Waals surface area contributed by atoms with Gasteiger partial charge >= 0.3 is 0 Å². The van der Waals surface area contributed by atoms with Gasteiger partial charge in [-0.05, 0) is 49.3 Å². The first-order valence-corrected chi connectivity index (χ1v) is 7.84. The van der Waals surface area contributed by atoms with E-state index in [-0.39, 0.29) is 11.8 Å². The van der Waals surface area contributed by atoms with E-state index < -0.39 is 18.6 Å². The molecule has 0 aromatic heterocycles. The number of nitrogens with zero attached hydrogens (tertiary/aromatic N) is 1. The SMILES string of the molecule is NC(=O)C1CC(CCF)CCN1C(=O)[CH]Cc1ccc(N)cc1. The second kappa shape index (κ2) is 7.94. The van der Waals surface area contributed by atoms with Gasteiger partial charge in [0.25, 0.3) is 0 Å². The lowest BCUT2D eigenvalue weighted by Gasteiger charge is -2.37. The molecule has 0 bridgehead atoms. The Labute approximate surface area is 135 Å². The number of anilines is 1. The third-order valence-corrected chi connectivity index (χ3v) is 4.33. The van der Waals surface area contributed by atoms with Crippen LogP contribution in [0.15, 0.2) is 24.3 Å². The number of primary amides is 1. The number of nitrogen functional groups attached to an aromatic ring is 1. The average Bonchev–Trinajstić information content (AvgIpc) is 2.54. The third kappa shape index (κ3) is 4.68. The average molecular weight is 320 g/mol. The van der Waals surface area contributed by atoms with Crippen LogP contribution in [0.5, 0.6) is 0 Å². The first-order valence-electron chi connectivity index (χ1n) is 7.84. The standard InChI is InChI=1S/C17H23FN3O2/c18-9-7-13-8-10-21(15(11-13)17(20)23)16(22)6-3-12-1-4-14(19)5-2-12/h1-2,4-6,13,15H,3,7-11,19H2,(H2,20,23). The summed E-state index contributed by atoms with van der Waals surface area (Å²) in [6, 6.07) is 6.64. The van der Waals surface area contributed by atoms with Gasteiger partial charge < -0.3 is 16.4 Å². The second-order valence-electron chi connectivity index (χ2n) is 5.97. The minimum atomic E-state index is -0.643. The summed E-state index contributed by atoms with van der Waals surface area (Å²) in [5, 5.41) is 0. The van der Waals surface area contributed by atoms with Gasteiger partial charge in [-0.1, -0.05) is 12.1 Å². The number of halogens is 1. The van der Waals surface area contributed by atoms with Gasteiger partial charge in [0.15, 0.2) is 0 Å². The number of alkyl halides is 1. The molecule has 0 aliphatic carbocycles. The molecule has 1 saturated heterocycles. The number of piperidine rings is 1. The molecule has 5 nitrogen and oxygen atoms in total. The predicted octanol–water partition coefficient (Wildman–Crippen LogP) is 1.47. The van der Waals surface area contributed by atoms with E-state index in [0.717, 1.165) is 5.56 Å². The van der Waals surface area contributed by atoms with Crippen LogP contribution in [0.25, 0.3) is 0 Å². The fourth-order valence-corrected chi connectivity index (χ4v) is 2.96. The van der Waals surface area contributed by atoms with Gasteiger partial charge in [-0.2, -0.15) is 0 Å². The largest absolute Gasteiger partial charge is 0.399 e. The zero-order valence-electron chi connectivity index (χ0n) is 13.1. The fraction of sp³-hybridized carbons (Fsp3) is 0.471. The zero-order valence-corrected chi connectivity index (χ0v) is 13.1. The number of amides is 2. The van der Waals surface area contributed by atoms with Crippen LogP contribution in [-0.2, 0) is 16.0 Å². The molecule has 2 amide bonds. The summed E-state index contributed by atoms with van der Waals surface area (Å²) < 4.78 is 12.5. The summed E-state index contributed by atoms with van der Waals surface area (Å²) in [7, 11) is 0. The lowest BCUT2D eigenvalue weighted by Crippen LogP contribution is -2.52. The van der Waals surface area contributed by atoms with E-state index in [9.17, 15) is 14.0 Å². The Morgan fingerprint density at radius 1 is 1.30 bits per heavy atom. The highest BCUT2D eigenvalue weighted by Gasteiger charge is 2.34. The van der Waals surface area contributed by atoms with Crippen molar-refractivity contribution in [3.8, 4) is 0 Å². The summed E-state index contributed by atoms with van der Waals surface area (Å²) in [4.78, 5) is 25.5. The van der Waals surface area contributed by atoms with Crippen molar-refractivity contribution < 1.29 is 14.0 Å². The Morgan fingerprint density at radius 2 is 2.00 bits per heavy atom. The molecule has 23 heavy (non-hydrogen) atoms. The molecule has 1 fully saturated rings. The molecule has 1 radical (unpaired) electrons. The van der Waals surface area contributed by atoms with Crippen LogP contribution in [0.1, 0.15) is 24.8 Å². The Balaban J connectivity index is 1.94. The first-order chi connectivity index (χ1) is 11.0. The van der Waals surface area contributed by atoms with Gasteiger partial charge in [-0.25, -0.2) is 0 Å². The highest BCUT2D eigenvalue weighted by molar-refractivity contribution is 5.91. The van der Waals surface area contributed by atoms with Crippen molar-refractivity contribution in [3.05, 3.63) is 36.2 Å². The third-order valence-electron chi connectivity index (χ3n) is 4.33. The van der Waals surface area contributed by atoms with Crippen molar-refractivity contribution in [1.82, 2.24) is 4.90 Å². The molecular formula is C17H23FN3O2. The highest BCUT2D eigenvalue weighted by atomic mass is 19.1. The number of nitrogens with two attached hydrogens (primary N) is 2. The van der Waals surface area contributed by atoms with E-state index in [1.54, 1.807) is 18.6 Å². The summed E-state index contributed by atoms with van der Waals surface area (Å²) >= 11 is 0. The minimum Gasteiger partial charge on any atom is -0.399 e. The minimum absolute atomic E-state index is 0.110. The Kier molecular flexibility index (Phi) is 5.96. The van der Waals surface area contributed by atoms with Crippen LogP contribution < -0.4 is 11.5 Å². The first kappa shape index (κ1) is 17.2. The molecule has 4 N–H and O–H groups in total. The number of carbonyl (C=O) groups excluding carboxylic acids is 2. The predicted molar refractivity (Wildman–Crippen MR) is 86.9 cm³/mol. The summed E-state index contributed by atoms with van der Waals surface area (Å²) in [6.45, 7) is 0.0305. The van der Waals surface area contributed by atoms with Gasteiger partial charge in [0, 0.05) is 12.2 Å². The maximum absolute atomic E-state index is 12.5. The molecule has 1 aromatic rings. The smallest absolute Gasteiger partial charge is 0.240 e. The molecule has 1 heterocycles. The molecule has 1 aliphatic heterocycles. The Hall–Kier alpha value is -2.11. The van der Waals surface area contributed by atoms with Gasteiger partial charge in [0.1, 0.15) is 6.04 Å². The van der Waals surface area contributed by atoms with Gasteiger partial charge in [0.05, 0.1) is 13.1 Å². The number of hydrogen-bond acceptors (Lipinski definition) is 3. The van der Waals surface area contributed by atoms with Crippen LogP contribution in [-0.4, -0.2) is 36.0 Å². The molecular weight excluding hydrogens is 297 g/mol. The van der Waals surface area contributed by atoms with E-state index in [0.29, 0.717) is 37.9 Å². The van der Waals surface area contributed by atoms with Crippen LogP contribution in [0.2, 0.25) is 0 Å². The fourth-order valence-electron chi connectivity index (χ4n) is 2.96. The number of hydrogen-bond donors (Lipinski definition) is 2. The molecule has 1 aromatic carbocycles. The zero-order chi connectivity index (χ0) is 16.8. The lowest BCUT2D eigenvalue weighted by atomic mass is 9.88. The van der Waals surface area contributed by atoms with Crippen molar-refractivity contribution >= 4 is 17.5 Å². The van der Waals surface area contributed by atoms with Crippen LogP contribution in [0.4, 0.5) is 10.1 Å². The van der Waals surface area contributed by atoms with E-state index in [2.05, 4.69) is 0 Å². The van der Waals surface area contributed by atoms with Crippen LogP contribution in [0.3, 0.4) is 0 Å². The maximum atomic E-state index is 12.5. The molecule has 0 saturated carbocycles. The normalized spacial score (nSPS) is 21.2. The molecule has 1 aliphatic rings. The number of benzene rings is 1. The quantitative estimate of drug-likeness (QED) is 0.778. The van der Waals surface area contributed by atoms with E-state index in [1.807, 2.05) is 12.1 Å². The van der Waals surface area contributed by atoms with Crippen molar-refractivity contribution in [1.29, 1.82) is 0 Å². The van der Waals surface area contributed by atoms with E-state index in [1.165, 1.54) is 4.90 Å². The van der Waals surface area contributed by atoms with Crippen molar-refractivity contribution in [2.75, 3.05) is 19.0 Å². The van der Waals surface area contributed by atoms with Gasteiger partial charge in [-0.3, -0.25) is 14.0 Å². The van der Waals surface area contributed by atoms with E-state index in [4.69, 9.17) is 11.5 Å². The summed E-state index contributed by atoms with van der Waals surface area (Å²) in [5.74, 6) is -0.620.